The number of nitrogens with one attached hydrogen (secondary N) is 1. The van der Waals surface area contributed by atoms with Crippen LogP contribution in [0.2, 0.25) is 0 Å². The Bertz CT molecular complexity index is 782. The summed E-state index contributed by atoms with van der Waals surface area (Å²) < 4.78 is 5.84. The van der Waals surface area contributed by atoms with E-state index in [1.54, 1.807) is 6.20 Å². The molecule has 128 valence electrons. The minimum absolute atomic E-state index is 0.210. The van der Waals surface area contributed by atoms with Crippen LogP contribution in [0.25, 0.3) is 0 Å². The maximum absolute atomic E-state index is 11.6. The zero-order chi connectivity index (χ0) is 17.2. The second kappa shape index (κ2) is 6.76. The van der Waals surface area contributed by atoms with E-state index in [9.17, 15) is 9.59 Å². The average molecular weight is 355 g/mol. The van der Waals surface area contributed by atoms with E-state index < -0.39 is 0 Å². The Morgan fingerprint density at radius 2 is 2.04 bits per heavy atom. The summed E-state index contributed by atoms with van der Waals surface area (Å²) in [5, 5.41) is 1.70. The molecule has 2 atom stereocenters. The highest BCUT2D eigenvalue weighted by Gasteiger charge is 2.35. The van der Waals surface area contributed by atoms with E-state index in [1.165, 1.54) is 0 Å². The van der Waals surface area contributed by atoms with Crippen LogP contribution in [0.1, 0.15) is 5.56 Å². The van der Waals surface area contributed by atoms with Crippen LogP contribution in [0.15, 0.2) is 48.7 Å². The van der Waals surface area contributed by atoms with Gasteiger partial charge in [-0.15, -0.1) is 0 Å². The molecular formula is C18H17N3O3S. The van der Waals surface area contributed by atoms with E-state index in [1.807, 2.05) is 42.5 Å². The number of ether oxygens (including phenoxy) is 1. The van der Waals surface area contributed by atoms with Gasteiger partial charge in [0.1, 0.15) is 18.2 Å². The van der Waals surface area contributed by atoms with Gasteiger partial charge >= 0.3 is 0 Å². The molecule has 1 unspecified atom stereocenters. The van der Waals surface area contributed by atoms with Crippen molar-refractivity contribution in [3.63, 3.8) is 0 Å². The van der Waals surface area contributed by atoms with Gasteiger partial charge in [-0.2, -0.15) is 0 Å². The summed E-state index contributed by atoms with van der Waals surface area (Å²) in [7, 11) is 0. The summed E-state index contributed by atoms with van der Waals surface area (Å²) in [5.41, 5.74) is 1.01. The van der Waals surface area contributed by atoms with Gasteiger partial charge in [0.25, 0.3) is 5.24 Å². The molecule has 4 rings (SSSR count). The molecule has 6 nitrogen and oxygen atoms in total. The summed E-state index contributed by atoms with van der Waals surface area (Å²) in [6, 6.07) is 13.9. The van der Waals surface area contributed by atoms with Gasteiger partial charge in [-0.25, -0.2) is 4.98 Å². The molecule has 0 bridgehead atoms. The van der Waals surface area contributed by atoms with E-state index in [-0.39, 0.29) is 16.4 Å². The number of carbonyl (C=O) groups excluding carboxylic acids is 2. The summed E-state index contributed by atoms with van der Waals surface area (Å²) in [6.45, 7) is 1.57. The average Bonchev–Trinajstić information content (AvgIpc) is 3.34. The molecule has 1 N–H and O–H groups in total. The Hall–Kier alpha value is -2.54. The van der Waals surface area contributed by atoms with Gasteiger partial charge in [0.05, 0.1) is 11.3 Å². The van der Waals surface area contributed by atoms with Gasteiger partial charge in [0.2, 0.25) is 5.91 Å². The van der Waals surface area contributed by atoms with Crippen molar-refractivity contribution in [1.29, 1.82) is 0 Å². The zero-order valence-electron chi connectivity index (χ0n) is 13.4. The normalized spacial score (nSPS) is 22.0. The topological polar surface area (TPSA) is 71.3 Å². The molecule has 2 aliphatic heterocycles. The molecule has 2 saturated heterocycles. The summed E-state index contributed by atoms with van der Waals surface area (Å²) in [4.78, 5) is 29.3. The van der Waals surface area contributed by atoms with Crippen molar-refractivity contribution in [1.82, 2.24) is 10.3 Å². The van der Waals surface area contributed by atoms with Gasteiger partial charge in [-0.1, -0.05) is 30.0 Å². The van der Waals surface area contributed by atoms with Crippen LogP contribution >= 0.6 is 11.8 Å². The first-order valence-electron chi connectivity index (χ1n) is 8.10. The SMILES string of the molecule is O=C1NC(=O)C(Cc2ccc(OC[C@@H]3CN3c3ccccn3)cc2)S1. The molecule has 1 aromatic carbocycles. The standard InChI is InChI=1S/C18H17N3O3S/c22-17-15(25-18(23)20-17)9-12-4-6-14(7-5-12)24-11-13-10-21(13)16-3-1-2-8-19-16/h1-8,13,15H,9-11H2,(H,20,22,23)/t13-,15?,21?/m0/s1. The summed E-state index contributed by atoms with van der Waals surface area (Å²) in [5.74, 6) is 1.57. The smallest absolute Gasteiger partial charge is 0.286 e. The Labute approximate surface area is 149 Å². The van der Waals surface area contributed by atoms with Crippen molar-refractivity contribution >= 4 is 28.7 Å². The van der Waals surface area contributed by atoms with Crippen molar-refractivity contribution in [2.75, 3.05) is 18.1 Å². The molecule has 0 saturated carbocycles. The van der Waals surface area contributed by atoms with Crippen LogP contribution in [-0.4, -0.2) is 40.6 Å². The lowest BCUT2D eigenvalue weighted by molar-refractivity contribution is -0.118. The molecule has 2 aromatic rings. The number of hydrogen-bond donors (Lipinski definition) is 1. The van der Waals surface area contributed by atoms with Crippen LogP contribution < -0.4 is 15.0 Å². The number of aromatic nitrogens is 1. The van der Waals surface area contributed by atoms with Gasteiger partial charge in [0.15, 0.2) is 0 Å². The molecule has 7 heteroatoms. The molecule has 25 heavy (non-hydrogen) atoms. The van der Waals surface area contributed by atoms with Crippen LogP contribution in [0.4, 0.5) is 10.6 Å². The van der Waals surface area contributed by atoms with Crippen molar-refractivity contribution in [2.24, 2.45) is 0 Å². The van der Waals surface area contributed by atoms with Gasteiger partial charge in [0, 0.05) is 12.7 Å². The maximum atomic E-state index is 11.6. The number of pyridine rings is 1. The highest BCUT2D eigenvalue weighted by molar-refractivity contribution is 8.15. The first-order chi connectivity index (χ1) is 12.2. The second-order valence-electron chi connectivity index (χ2n) is 6.04. The predicted octanol–water partition coefficient (Wildman–Crippen LogP) is 2.24. The molecule has 1 aromatic heterocycles. The maximum Gasteiger partial charge on any atom is 0.286 e. The van der Waals surface area contributed by atoms with Crippen molar-refractivity contribution < 1.29 is 14.3 Å². The molecular weight excluding hydrogens is 338 g/mol. The molecule has 2 fully saturated rings. The quantitative estimate of drug-likeness (QED) is 0.802. The largest absolute Gasteiger partial charge is 0.491 e. The fraction of sp³-hybridized carbons (Fsp3) is 0.278. The van der Waals surface area contributed by atoms with E-state index in [0.717, 1.165) is 35.4 Å². The number of hydrogen-bond acceptors (Lipinski definition) is 6. The number of rotatable bonds is 6. The van der Waals surface area contributed by atoms with Gasteiger partial charge in [-0.3, -0.25) is 14.9 Å². The number of anilines is 1. The highest BCUT2D eigenvalue weighted by atomic mass is 32.2. The van der Waals surface area contributed by atoms with E-state index >= 15 is 0 Å². The third-order valence-electron chi connectivity index (χ3n) is 4.21. The molecule has 2 amide bonds. The number of nitrogens with zero attached hydrogens (tertiary/aromatic N) is 2. The minimum atomic E-state index is -0.335. The Kier molecular flexibility index (Phi) is 4.31. The summed E-state index contributed by atoms with van der Waals surface area (Å²) >= 11 is 1.05. The Morgan fingerprint density at radius 1 is 1.20 bits per heavy atom. The lowest BCUT2D eigenvalue weighted by atomic mass is 10.1. The third kappa shape index (κ3) is 3.76. The number of carbonyl (C=O) groups is 2. The van der Waals surface area contributed by atoms with Crippen LogP contribution in [0, 0.1) is 0 Å². The van der Waals surface area contributed by atoms with E-state index in [4.69, 9.17) is 4.74 Å². The molecule has 0 aliphatic carbocycles. The minimum Gasteiger partial charge on any atom is -0.491 e. The zero-order valence-corrected chi connectivity index (χ0v) is 14.2. The number of amides is 2. The Balaban J connectivity index is 1.27. The van der Waals surface area contributed by atoms with E-state index in [0.29, 0.717) is 19.1 Å². The lowest BCUT2D eigenvalue weighted by Crippen LogP contribution is -2.25. The first kappa shape index (κ1) is 16.0. The predicted molar refractivity (Wildman–Crippen MR) is 95.9 cm³/mol. The second-order valence-corrected chi connectivity index (χ2v) is 7.21. The third-order valence-corrected chi connectivity index (χ3v) is 5.19. The molecule has 0 spiro atoms. The molecule has 0 radical (unpaired) electrons. The number of benzene rings is 1. The van der Waals surface area contributed by atoms with Crippen LogP contribution in [0.5, 0.6) is 5.75 Å². The monoisotopic (exact) mass is 355 g/mol. The highest BCUT2D eigenvalue weighted by Crippen LogP contribution is 2.27. The lowest BCUT2D eigenvalue weighted by Gasteiger charge is -2.09. The molecule has 2 aliphatic rings. The van der Waals surface area contributed by atoms with Crippen LogP contribution in [-0.2, 0) is 11.2 Å². The van der Waals surface area contributed by atoms with Crippen molar-refractivity contribution in [3.8, 4) is 5.75 Å². The summed E-state index contributed by atoms with van der Waals surface area (Å²) in [6.07, 6.45) is 2.33. The van der Waals surface area contributed by atoms with Gasteiger partial charge in [-0.05, 0) is 36.2 Å². The van der Waals surface area contributed by atoms with Crippen LogP contribution in [0.3, 0.4) is 0 Å². The fourth-order valence-corrected chi connectivity index (χ4v) is 3.64. The number of imide groups is 1. The molecule has 3 heterocycles. The first-order valence-corrected chi connectivity index (χ1v) is 8.98. The Morgan fingerprint density at radius 3 is 2.72 bits per heavy atom. The van der Waals surface area contributed by atoms with Crippen molar-refractivity contribution in [2.45, 2.75) is 17.7 Å². The number of thioether (sulfide) groups is 1. The van der Waals surface area contributed by atoms with E-state index in [2.05, 4.69) is 15.2 Å². The van der Waals surface area contributed by atoms with Gasteiger partial charge < -0.3 is 9.64 Å². The van der Waals surface area contributed by atoms with Crippen molar-refractivity contribution in [3.05, 3.63) is 54.2 Å². The fourth-order valence-electron chi connectivity index (χ4n) is 2.78.